The van der Waals surface area contributed by atoms with Crippen molar-refractivity contribution < 1.29 is 4.79 Å². The maximum Gasteiger partial charge on any atom is 0.219 e. The predicted molar refractivity (Wildman–Crippen MR) is 93.5 cm³/mol. The van der Waals surface area contributed by atoms with E-state index in [4.69, 9.17) is 11.6 Å². The standard InChI is InChI=1S/C16H35N5O/c1-19-13-10-14-20-16(22)12-9-7-5-3-2-4-6-8-11-15(17)21-18/h19H,2-14,18H2,1H3,(H2,17,21)(H,20,22). The molecule has 0 aromatic heterocycles. The number of hydrazone groups is 1. The van der Waals surface area contributed by atoms with Crippen LogP contribution in [0.1, 0.15) is 70.6 Å². The molecule has 0 radical (unpaired) electrons. The Balaban J connectivity index is 3.18. The number of carbonyl (C=O) groups is 1. The first-order valence-corrected chi connectivity index (χ1v) is 8.64. The summed E-state index contributed by atoms with van der Waals surface area (Å²) in [5.74, 6) is 5.81. The highest BCUT2D eigenvalue weighted by atomic mass is 16.1. The number of nitrogens with two attached hydrogens (primary N) is 2. The van der Waals surface area contributed by atoms with E-state index in [-0.39, 0.29) is 5.91 Å². The van der Waals surface area contributed by atoms with Crippen molar-refractivity contribution >= 4 is 11.7 Å². The van der Waals surface area contributed by atoms with Crippen LogP contribution in [0.2, 0.25) is 0 Å². The zero-order valence-electron chi connectivity index (χ0n) is 14.2. The van der Waals surface area contributed by atoms with Gasteiger partial charge in [0, 0.05) is 19.4 Å². The van der Waals surface area contributed by atoms with Crippen molar-refractivity contribution in [1.82, 2.24) is 10.6 Å². The number of rotatable bonds is 15. The Bertz CT molecular complexity index is 294. The molecule has 0 saturated carbocycles. The van der Waals surface area contributed by atoms with Crippen LogP contribution in [0.3, 0.4) is 0 Å². The van der Waals surface area contributed by atoms with Crippen molar-refractivity contribution in [3.63, 3.8) is 0 Å². The van der Waals surface area contributed by atoms with Gasteiger partial charge in [0.05, 0.1) is 0 Å². The molecule has 0 heterocycles. The molecule has 6 nitrogen and oxygen atoms in total. The Labute approximate surface area is 135 Å². The summed E-state index contributed by atoms with van der Waals surface area (Å²) in [5.41, 5.74) is 5.53. The fraction of sp³-hybridized carbons (Fsp3) is 0.875. The summed E-state index contributed by atoms with van der Waals surface area (Å²) in [6.07, 6.45) is 11.8. The van der Waals surface area contributed by atoms with Crippen molar-refractivity contribution in [1.29, 1.82) is 0 Å². The number of hydrogen-bond acceptors (Lipinski definition) is 4. The van der Waals surface area contributed by atoms with Gasteiger partial charge in [0.25, 0.3) is 0 Å². The highest BCUT2D eigenvalue weighted by molar-refractivity contribution is 5.79. The molecule has 22 heavy (non-hydrogen) atoms. The Morgan fingerprint density at radius 3 is 1.95 bits per heavy atom. The van der Waals surface area contributed by atoms with E-state index in [0.29, 0.717) is 12.3 Å². The third kappa shape index (κ3) is 15.1. The highest BCUT2D eigenvalue weighted by Crippen LogP contribution is 2.10. The molecule has 0 rings (SSSR count). The van der Waals surface area contributed by atoms with Crippen LogP contribution in [0.4, 0.5) is 0 Å². The molecule has 0 atom stereocenters. The minimum Gasteiger partial charge on any atom is -0.386 e. The summed E-state index contributed by atoms with van der Waals surface area (Å²) >= 11 is 0. The highest BCUT2D eigenvalue weighted by Gasteiger charge is 2.00. The summed E-state index contributed by atoms with van der Waals surface area (Å²) in [4.78, 5) is 11.5. The lowest BCUT2D eigenvalue weighted by atomic mass is 10.1. The fourth-order valence-electron chi connectivity index (χ4n) is 2.30. The molecule has 0 bridgehead atoms. The summed E-state index contributed by atoms with van der Waals surface area (Å²) in [5, 5.41) is 9.47. The van der Waals surface area contributed by atoms with Gasteiger partial charge in [-0.25, -0.2) is 0 Å². The molecule has 0 fully saturated rings. The zero-order chi connectivity index (χ0) is 16.5. The lowest BCUT2D eigenvalue weighted by Crippen LogP contribution is -2.26. The second kappa shape index (κ2) is 16.1. The molecular formula is C16H35N5O. The van der Waals surface area contributed by atoms with E-state index in [9.17, 15) is 4.79 Å². The van der Waals surface area contributed by atoms with E-state index < -0.39 is 0 Å². The molecule has 0 aromatic rings. The maximum absolute atomic E-state index is 11.5. The molecule has 0 saturated heterocycles. The molecule has 6 heteroatoms. The number of amides is 1. The van der Waals surface area contributed by atoms with Crippen LogP contribution in [0.15, 0.2) is 5.10 Å². The Morgan fingerprint density at radius 1 is 0.864 bits per heavy atom. The van der Waals surface area contributed by atoms with Crippen LogP contribution in [0, 0.1) is 0 Å². The van der Waals surface area contributed by atoms with Crippen LogP contribution in [0.25, 0.3) is 0 Å². The largest absolute Gasteiger partial charge is 0.386 e. The Hall–Kier alpha value is -1.30. The first-order valence-electron chi connectivity index (χ1n) is 8.64. The monoisotopic (exact) mass is 313 g/mol. The van der Waals surface area contributed by atoms with Gasteiger partial charge in [-0.15, -0.1) is 0 Å². The summed E-state index contributed by atoms with van der Waals surface area (Å²) in [6.45, 7) is 1.73. The first-order chi connectivity index (χ1) is 10.7. The quantitative estimate of drug-likeness (QED) is 0.122. The summed E-state index contributed by atoms with van der Waals surface area (Å²) in [6, 6.07) is 0. The van der Waals surface area contributed by atoms with Gasteiger partial charge in [0.15, 0.2) is 0 Å². The van der Waals surface area contributed by atoms with Gasteiger partial charge in [-0.1, -0.05) is 38.5 Å². The SMILES string of the molecule is CNCCCNC(=O)CCCCCCCCCC/C(N)=N/N. The lowest BCUT2D eigenvalue weighted by Gasteiger charge is -2.05. The third-order valence-electron chi connectivity index (χ3n) is 3.68. The summed E-state index contributed by atoms with van der Waals surface area (Å²) in [7, 11) is 1.92. The van der Waals surface area contributed by atoms with E-state index in [2.05, 4.69) is 15.7 Å². The molecule has 6 N–H and O–H groups in total. The lowest BCUT2D eigenvalue weighted by molar-refractivity contribution is -0.121. The topological polar surface area (TPSA) is 106 Å². The van der Waals surface area contributed by atoms with Gasteiger partial charge in [0.1, 0.15) is 5.84 Å². The zero-order valence-corrected chi connectivity index (χ0v) is 14.2. The molecule has 0 aliphatic rings. The minimum atomic E-state index is 0.190. The van der Waals surface area contributed by atoms with E-state index in [0.717, 1.165) is 45.2 Å². The molecule has 0 aromatic carbocycles. The number of hydrogen-bond donors (Lipinski definition) is 4. The molecule has 0 unspecified atom stereocenters. The van der Waals surface area contributed by atoms with Crippen LogP contribution in [-0.2, 0) is 4.79 Å². The maximum atomic E-state index is 11.5. The Morgan fingerprint density at radius 2 is 1.41 bits per heavy atom. The third-order valence-corrected chi connectivity index (χ3v) is 3.68. The second-order valence-corrected chi connectivity index (χ2v) is 5.76. The van der Waals surface area contributed by atoms with E-state index in [1.54, 1.807) is 0 Å². The van der Waals surface area contributed by atoms with Crippen molar-refractivity contribution in [2.45, 2.75) is 70.6 Å². The smallest absolute Gasteiger partial charge is 0.219 e. The molecule has 130 valence electrons. The number of unbranched alkanes of at least 4 members (excludes halogenated alkanes) is 7. The normalized spacial score (nSPS) is 11.6. The van der Waals surface area contributed by atoms with Gasteiger partial charge >= 0.3 is 0 Å². The van der Waals surface area contributed by atoms with Crippen LogP contribution < -0.4 is 22.2 Å². The number of amidine groups is 1. The van der Waals surface area contributed by atoms with Gasteiger partial charge < -0.3 is 22.2 Å². The second-order valence-electron chi connectivity index (χ2n) is 5.76. The van der Waals surface area contributed by atoms with Crippen molar-refractivity contribution in [2.75, 3.05) is 20.1 Å². The molecule has 0 aliphatic carbocycles. The van der Waals surface area contributed by atoms with E-state index in [1.807, 2.05) is 7.05 Å². The van der Waals surface area contributed by atoms with Crippen molar-refractivity contribution in [3.8, 4) is 0 Å². The number of nitrogens with one attached hydrogen (secondary N) is 2. The minimum absolute atomic E-state index is 0.190. The van der Waals surface area contributed by atoms with Crippen molar-refractivity contribution in [2.24, 2.45) is 16.7 Å². The summed E-state index contributed by atoms with van der Waals surface area (Å²) < 4.78 is 0. The Kier molecular flexibility index (Phi) is 15.1. The fourth-order valence-corrected chi connectivity index (χ4v) is 2.30. The van der Waals surface area contributed by atoms with Gasteiger partial charge in [-0.2, -0.15) is 5.10 Å². The average Bonchev–Trinajstić information content (AvgIpc) is 2.53. The van der Waals surface area contributed by atoms with E-state index in [1.165, 1.54) is 32.1 Å². The predicted octanol–water partition coefficient (Wildman–Crippen LogP) is 1.84. The number of nitrogens with zero attached hydrogens (tertiary/aromatic N) is 1. The van der Waals surface area contributed by atoms with Gasteiger partial charge in [-0.05, 0) is 32.9 Å². The molecule has 0 aliphatic heterocycles. The first kappa shape index (κ1) is 20.7. The number of carbonyl (C=O) groups excluding carboxylic acids is 1. The van der Waals surface area contributed by atoms with E-state index >= 15 is 0 Å². The average molecular weight is 313 g/mol. The van der Waals surface area contributed by atoms with Crippen LogP contribution in [0.5, 0.6) is 0 Å². The molecular weight excluding hydrogens is 278 g/mol. The van der Waals surface area contributed by atoms with Gasteiger partial charge in [0.2, 0.25) is 5.91 Å². The molecule has 0 spiro atoms. The van der Waals surface area contributed by atoms with Crippen LogP contribution >= 0.6 is 0 Å². The molecule has 1 amide bonds. The van der Waals surface area contributed by atoms with Gasteiger partial charge in [-0.3, -0.25) is 4.79 Å². The van der Waals surface area contributed by atoms with Crippen LogP contribution in [-0.4, -0.2) is 31.9 Å². The van der Waals surface area contributed by atoms with Crippen molar-refractivity contribution in [3.05, 3.63) is 0 Å².